The van der Waals surface area contributed by atoms with E-state index in [0.717, 1.165) is 10.5 Å². The minimum absolute atomic E-state index is 0.00189. The summed E-state index contributed by atoms with van der Waals surface area (Å²) in [7, 11) is 5.53. The molecule has 2 aromatic rings. The SMILES string of the molecule is COc1ccc(C(C)=O)cc1C[C@H](C(=O)c1ccccc1)[NH+](C)C. The largest absolute Gasteiger partial charge is 0.496 e. The smallest absolute Gasteiger partial charge is 0.220 e. The number of benzene rings is 2. The molecule has 0 aromatic heterocycles. The monoisotopic (exact) mass is 326 g/mol. The van der Waals surface area contributed by atoms with Gasteiger partial charge in [0, 0.05) is 23.1 Å². The van der Waals surface area contributed by atoms with Crippen molar-refractivity contribution < 1.29 is 19.2 Å². The normalized spacial score (nSPS) is 12.0. The van der Waals surface area contributed by atoms with Crippen LogP contribution in [-0.4, -0.2) is 38.8 Å². The zero-order valence-electron chi connectivity index (χ0n) is 14.6. The third kappa shape index (κ3) is 4.09. The molecule has 0 fully saturated rings. The van der Waals surface area contributed by atoms with E-state index >= 15 is 0 Å². The molecular formula is C20H24NO3+. The molecule has 0 aliphatic heterocycles. The van der Waals surface area contributed by atoms with Gasteiger partial charge in [-0.25, -0.2) is 0 Å². The summed E-state index contributed by atoms with van der Waals surface area (Å²) in [6, 6.07) is 14.4. The van der Waals surface area contributed by atoms with Crippen LogP contribution in [0.5, 0.6) is 5.75 Å². The van der Waals surface area contributed by atoms with Crippen molar-refractivity contribution in [3.05, 3.63) is 65.2 Å². The second-order valence-electron chi connectivity index (χ2n) is 6.15. The first kappa shape index (κ1) is 17.9. The highest BCUT2D eigenvalue weighted by atomic mass is 16.5. The average molecular weight is 326 g/mol. The molecule has 4 nitrogen and oxygen atoms in total. The van der Waals surface area contributed by atoms with Gasteiger partial charge >= 0.3 is 0 Å². The van der Waals surface area contributed by atoms with Crippen molar-refractivity contribution >= 4 is 11.6 Å². The molecule has 0 bridgehead atoms. The van der Waals surface area contributed by atoms with Gasteiger partial charge in [0.25, 0.3) is 0 Å². The predicted molar refractivity (Wildman–Crippen MR) is 94.1 cm³/mol. The molecule has 1 atom stereocenters. The first-order valence-electron chi connectivity index (χ1n) is 8.01. The Morgan fingerprint density at radius 3 is 2.25 bits per heavy atom. The van der Waals surface area contributed by atoms with E-state index in [9.17, 15) is 9.59 Å². The Balaban J connectivity index is 2.36. The third-order valence-electron chi connectivity index (χ3n) is 4.18. The van der Waals surface area contributed by atoms with Crippen LogP contribution >= 0.6 is 0 Å². The lowest BCUT2D eigenvalue weighted by atomic mass is 9.95. The summed E-state index contributed by atoms with van der Waals surface area (Å²) in [4.78, 5) is 25.6. The Kier molecular flexibility index (Phi) is 5.88. The van der Waals surface area contributed by atoms with Crippen molar-refractivity contribution in [3.8, 4) is 5.75 Å². The predicted octanol–water partition coefficient (Wildman–Crippen LogP) is 1.84. The van der Waals surface area contributed by atoms with Crippen LogP contribution < -0.4 is 9.64 Å². The van der Waals surface area contributed by atoms with Crippen molar-refractivity contribution in [1.29, 1.82) is 0 Å². The van der Waals surface area contributed by atoms with Gasteiger partial charge in [0.05, 0.1) is 21.2 Å². The van der Waals surface area contributed by atoms with Crippen LogP contribution in [0.15, 0.2) is 48.5 Å². The fraction of sp³-hybridized carbons (Fsp3) is 0.300. The van der Waals surface area contributed by atoms with Crippen molar-refractivity contribution in [3.63, 3.8) is 0 Å². The molecule has 0 radical (unpaired) electrons. The Hall–Kier alpha value is -2.46. The maximum Gasteiger partial charge on any atom is 0.220 e. The topological polar surface area (TPSA) is 47.8 Å². The van der Waals surface area contributed by atoms with E-state index in [1.54, 1.807) is 19.2 Å². The summed E-state index contributed by atoms with van der Waals surface area (Å²) in [6.07, 6.45) is 0.514. The van der Waals surface area contributed by atoms with E-state index in [1.807, 2.05) is 50.5 Å². The molecule has 126 valence electrons. The Bertz CT molecular complexity index is 723. The molecule has 0 amide bonds. The number of nitrogens with one attached hydrogen (secondary N) is 1. The Labute approximate surface area is 143 Å². The van der Waals surface area contributed by atoms with Crippen LogP contribution in [0.25, 0.3) is 0 Å². The highest BCUT2D eigenvalue weighted by Crippen LogP contribution is 2.22. The van der Waals surface area contributed by atoms with Crippen LogP contribution in [0.2, 0.25) is 0 Å². The van der Waals surface area contributed by atoms with Gasteiger partial charge in [0.2, 0.25) is 5.78 Å². The van der Waals surface area contributed by atoms with Gasteiger partial charge in [-0.3, -0.25) is 9.59 Å². The summed E-state index contributed by atoms with van der Waals surface area (Å²) in [5, 5.41) is 0. The standard InChI is InChI=1S/C20H23NO3/c1-14(22)16-10-11-19(24-4)17(12-16)13-18(21(2)3)20(23)15-8-6-5-7-9-15/h5-12,18H,13H2,1-4H3/p+1/t18-/m1/s1. The highest BCUT2D eigenvalue weighted by molar-refractivity contribution is 5.99. The number of quaternary nitrogens is 1. The number of carbonyl (C=O) groups excluding carboxylic acids is 2. The third-order valence-corrected chi connectivity index (χ3v) is 4.18. The summed E-state index contributed by atoms with van der Waals surface area (Å²) < 4.78 is 5.41. The fourth-order valence-corrected chi connectivity index (χ4v) is 2.74. The van der Waals surface area contributed by atoms with Crippen LogP contribution in [0.1, 0.15) is 33.2 Å². The molecule has 1 N–H and O–H groups in total. The molecule has 0 aliphatic rings. The van der Waals surface area contributed by atoms with E-state index in [0.29, 0.717) is 23.3 Å². The zero-order valence-corrected chi connectivity index (χ0v) is 14.6. The maximum atomic E-state index is 12.9. The number of likely N-dealkylation sites (N-methyl/N-ethyl adjacent to an activating group) is 1. The molecule has 0 unspecified atom stereocenters. The maximum absolute atomic E-state index is 12.9. The molecule has 0 aliphatic carbocycles. The van der Waals surface area contributed by atoms with E-state index in [1.165, 1.54) is 6.92 Å². The van der Waals surface area contributed by atoms with E-state index < -0.39 is 0 Å². The van der Waals surface area contributed by atoms with Gasteiger partial charge in [-0.2, -0.15) is 0 Å². The number of ether oxygens (including phenoxy) is 1. The summed E-state index contributed by atoms with van der Waals surface area (Å²) in [5.41, 5.74) is 2.21. The van der Waals surface area contributed by atoms with Crippen LogP contribution in [-0.2, 0) is 6.42 Å². The number of hydrogen-bond acceptors (Lipinski definition) is 3. The quantitative estimate of drug-likeness (QED) is 0.790. The Morgan fingerprint density at radius 2 is 1.71 bits per heavy atom. The number of hydrogen-bond donors (Lipinski definition) is 1. The number of methoxy groups -OCH3 is 1. The molecular weight excluding hydrogens is 302 g/mol. The number of rotatable bonds is 7. The lowest BCUT2D eigenvalue weighted by Crippen LogP contribution is -3.11. The summed E-state index contributed by atoms with van der Waals surface area (Å²) in [6.45, 7) is 1.54. The van der Waals surface area contributed by atoms with Crippen molar-refractivity contribution in [2.75, 3.05) is 21.2 Å². The van der Waals surface area contributed by atoms with Gasteiger partial charge in [0.15, 0.2) is 11.8 Å². The molecule has 4 heteroatoms. The van der Waals surface area contributed by atoms with Crippen LogP contribution in [0, 0.1) is 0 Å². The minimum Gasteiger partial charge on any atom is -0.496 e. The molecule has 0 heterocycles. The van der Waals surface area contributed by atoms with Crippen LogP contribution in [0.4, 0.5) is 0 Å². The number of ketones is 2. The van der Waals surface area contributed by atoms with Gasteiger partial charge in [-0.1, -0.05) is 30.3 Å². The molecule has 0 saturated carbocycles. The van der Waals surface area contributed by atoms with Crippen molar-refractivity contribution in [1.82, 2.24) is 0 Å². The molecule has 2 rings (SSSR count). The second kappa shape index (κ2) is 7.88. The minimum atomic E-state index is -0.247. The first-order chi connectivity index (χ1) is 11.4. The van der Waals surface area contributed by atoms with Gasteiger partial charge < -0.3 is 9.64 Å². The van der Waals surface area contributed by atoms with E-state index in [-0.39, 0.29) is 17.6 Å². The molecule has 24 heavy (non-hydrogen) atoms. The van der Waals surface area contributed by atoms with E-state index in [2.05, 4.69) is 0 Å². The second-order valence-corrected chi connectivity index (χ2v) is 6.15. The van der Waals surface area contributed by atoms with Crippen molar-refractivity contribution in [2.45, 2.75) is 19.4 Å². The summed E-state index contributed by atoms with van der Waals surface area (Å²) >= 11 is 0. The van der Waals surface area contributed by atoms with Gasteiger partial charge in [-0.05, 0) is 25.1 Å². The van der Waals surface area contributed by atoms with Gasteiger partial charge in [-0.15, -0.1) is 0 Å². The zero-order chi connectivity index (χ0) is 17.7. The molecule has 0 saturated heterocycles. The molecule has 0 spiro atoms. The number of Topliss-reactive ketones (excluding diaryl/α,β-unsaturated/α-hetero) is 2. The van der Waals surface area contributed by atoms with E-state index in [4.69, 9.17) is 4.74 Å². The lowest BCUT2D eigenvalue weighted by Gasteiger charge is -2.21. The van der Waals surface area contributed by atoms with Crippen molar-refractivity contribution in [2.24, 2.45) is 0 Å². The van der Waals surface area contributed by atoms with Crippen LogP contribution in [0.3, 0.4) is 0 Å². The van der Waals surface area contributed by atoms with Gasteiger partial charge in [0.1, 0.15) is 5.75 Å². The highest BCUT2D eigenvalue weighted by Gasteiger charge is 2.27. The Morgan fingerprint density at radius 1 is 1.04 bits per heavy atom. The lowest BCUT2D eigenvalue weighted by molar-refractivity contribution is -0.874. The fourth-order valence-electron chi connectivity index (χ4n) is 2.74. The summed E-state index contributed by atoms with van der Waals surface area (Å²) in [5.74, 6) is 0.792. The molecule has 2 aromatic carbocycles. The first-order valence-corrected chi connectivity index (χ1v) is 8.01. The number of carbonyl (C=O) groups is 2. The average Bonchev–Trinajstić information content (AvgIpc) is 2.59.